The number of halogens is 1. The molecule has 2 heterocycles. The number of carbonyl (C=O) groups excluding carboxylic acids is 1. The summed E-state index contributed by atoms with van der Waals surface area (Å²) in [7, 11) is 0. The van der Waals surface area contributed by atoms with Gasteiger partial charge in [-0.2, -0.15) is 0 Å². The van der Waals surface area contributed by atoms with Gasteiger partial charge in [-0.05, 0) is 55.0 Å². The maximum absolute atomic E-state index is 12.9. The van der Waals surface area contributed by atoms with Gasteiger partial charge in [0.25, 0.3) is 5.56 Å². The van der Waals surface area contributed by atoms with Crippen LogP contribution in [-0.4, -0.2) is 15.5 Å². The molecule has 0 aliphatic heterocycles. The number of amides is 1. The Morgan fingerprint density at radius 1 is 1.38 bits per heavy atom. The van der Waals surface area contributed by atoms with E-state index in [0.717, 1.165) is 29.7 Å². The SMILES string of the molecule is C[C@@H]1CCc2c(sc3ncn(CC(=O)Nc4ccc(F)cc4)c(=O)c23)C1. The predicted octanol–water partition coefficient (Wildman–Crippen LogP) is 3.36. The molecular formula is C19H18FN3O2S. The lowest BCUT2D eigenvalue weighted by Crippen LogP contribution is -2.28. The molecule has 1 amide bonds. The van der Waals surface area contributed by atoms with E-state index in [1.165, 1.54) is 40.0 Å². The average Bonchev–Trinajstić information content (AvgIpc) is 2.97. The lowest BCUT2D eigenvalue weighted by atomic mass is 9.89. The van der Waals surface area contributed by atoms with Crippen molar-refractivity contribution >= 4 is 33.1 Å². The van der Waals surface area contributed by atoms with Gasteiger partial charge < -0.3 is 5.32 Å². The Balaban J connectivity index is 1.61. The topological polar surface area (TPSA) is 64.0 Å². The van der Waals surface area contributed by atoms with Gasteiger partial charge in [-0.25, -0.2) is 9.37 Å². The lowest BCUT2D eigenvalue weighted by Gasteiger charge is -2.17. The van der Waals surface area contributed by atoms with Gasteiger partial charge in [-0.15, -0.1) is 11.3 Å². The third-order valence-electron chi connectivity index (χ3n) is 4.72. The molecule has 5 nitrogen and oxygen atoms in total. The predicted molar refractivity (Wildman–Crippen MR) is 100 cm³/mol. The fraction of sp³-hybridized carbons (Fsp3) is 0.316. The summed E-state index contributed by atoms with van der Waals surface area (Å²) in [5.41, 5.74) is 1.42. The molecule has 1 aromatic carbocycles. The summed E-state index contributed by atoms with van der Waals surface area (Å²) in [6.45, 7) is 2.10. The van der Waals surface area contributed by atoms with Crippen molar-refractivity contribution in [1.82, 2.24) is 9.55 Å². The zero-order chi connectivity index (χ0) is 18.3. The second-order valence-electron chi connectivity index (χ2n) is 6.76. The molecule has 26 heavy (non-hydrogen) atoms. The molecule has 1 atom stereocenters. The van der Waals surface area contributed by atoms with Crippen LogP contribution < -0.4 is 10.9 Å². The summed E-state index contributed by atoms with van der Waals surface area (Å²) in [6, 6.07) is 5.50. The van der Waals surface area contributed by atoms with Crippen LogP contribution in [0.15, 0.2) is 35.4 Å². The molecule has 1 aliphatic carbocycles. The summed E-state index contributed by atoms with van der Waals surface area (Å²) in [4.78, 5) is 31.5. The maximum atomic E-state index is 12.9. The van der Waals surface area contributed by atoms with Crippen LogP contribution in [0.5, 0.6) is 0 Å². The van der Waals surface area contributed by atoms with Crippen LogP contribution in [-0.2, 0) is 24.2 Å². The van der Waals surface area contributed by atoms with E-state index in [0.29, 0.717) is 17.0 Å². The monoisotopic (exact) mass is 371 g/mol. The maximum Gasteiger partial charge on any atom is 0.262 e. The number of fused-ring (bicyclic) bond motifs is 3. The zero-order valence-corrected chi connectivity index (χ0v) is 15.1. The van der Waals surface area contributed by atoms with Gasteiger partial charge >= 0.3 is 0 Å². The average molecular weight is 371 g/mol. The van der Waals surface area contributed by atoms with Gasteiger partial charge in [-0.3, -0.25) is 14.2 Å². The summed E-state index contributed by atoms with van der Waals surface area (Å²) >= 11 is 1.59. The first-order valence-corrected chi connectivity index (χ1v) is 9.38. The van der Waals surface area contributed by atoms with Crippen molar-refractivity contribution in [2.24, 2.45) is 5.92 Å². The number of aryl methyl sites for hydroxylation is 1. The Morgan fingerprint density at radius 2 is 2.15 bits per heavy atom. The van der Waals surface area contributed by atoms with Gasteiger partial charge in [-0.1, -0.05) is 6.92 Å². The molecule has 4 rings (SSSR count). The second kappa shape index (κ2) is 6.64. The fourth-order valence-corrected chi connectivity index (χ4v) is 4.71. The quantitative estimate of drug-likeness (QED) is 0.768. The van der Waals surface area contributed by atoms with Crippen LogP contribution in [0.3, 0.4) is 0 Å². The number of hydrogen-bond donors (Lipinski definition) is 1. The van der Waals surface area contributed by atoms with Gasteiger partial charge in [0.05, 0.1) is 11.7 Å². The van der Waals surface area contributed by atoms with E-state index < -0.39 is 0 Å². The summed E-state index contributed by atoms with van der Waals surface area (Å²) in [5.74, 6) is -0.0951. The van der Waals surface area contributed by atoms with Gasteiger partial charge in [0, 0.05) is 10.6 Å². The number of nitrogens with zero attached hydrogens (tertiary/aromatic N) is 2. The van der Waals surface area contributed by atoms with E-state index in [2.05, 4.69) is 17.2 Å². The van der Waals surface area contributed by atoms with Crippen LogP contribution in [0.25, 0.3) is 10.2 Å². The first-order chi connectivity index (χ1) is 12.5. The van der Waals surface area contributed by atoms with E-state index >= 15 is 0 Å². The Labute approximate surface area is 153 Å². The first kappa shape index (κ1) is 16.9. The van der Waals surface area contributed by atoms with E-state index in [-0.39, 0.29) is 23.8 Å². The standard InChI is InChI=1S/C19H18FN3O2S/c1-11-2-7-14-15(8-11)26-18-17(14)19(25)23(10-21-18)9-16(24)22-13-5-3-12(20)4-6-13/h3-6,10-11H,2,7-9H2,1H3,(H,22,24)/t11-/m1/s1. The molecule has 0 saturated heterocycles. The Morgan fingerprint density at radius 3 is 2.92 bits per heavy atom. The molecule has 0 bridgehead atoms. The second-order valence-corrected chi connectivity index (χ2v) is 7.85. The highest BCUT2D eigenvalue weighted by atomic mass is 32.1. The summed E-state index contributed by atoms with van der Waals surface area (Å²) < 4.78 is 14.3. The molecule has 1 N–H and O–H groups in total. The van der Waals surface area contributed by atoms with Crippen LogP contribution in [0.2, 0.25) is 0 Å². The van der Waals surface area contributed by atoms with E-state index in [1.54, 1.807) is 11.3 Å². The van der Waals surface area contributed by atoms with Crippen molar-refractivity contribution < 1.29 is 9.18 Å². The van der Waals surface area contributed by atoms with E-state index in [4.69, 9.17) is 0 Å². The van der Waals surface area contributed by atoms with E-state index in [9.17, 15) is 14.0 Å². The minimum atomic E-state index is -0.370. The minimum Gasteiger partial charge on any atom is -0.325 e. The molecule has 1 aliphatic rings. The highest BCUT2D eigenvalue weighted by Gasteiger charge is 2.23. The van der Waals surface area contributed by atoms with Gasteiger partial charge in [0.2, 0.25) is 5.91 Å². The highest BCUT2D eigenvalue weighted by molar-refractivity contribution is 7.18. The molecule has 0 spiro atoms. The molecule has 0 unspecified atom stereocenters. The number of carbonyl (C=O) groups is 1. The number of anilines is 1. The van der Waals surface area contributed by atoms with Crippen LogP contribution in [0.1, 0.15) is 23.8 Å². The molecule has 0 radical (unpaired) electrons. The Bertz CT molecular complexity index is 1040. The Hall–Kier alpha value is -2.54. The Kier molecular flexibility index (Phi) is 4.32. The van der Waals surface area contributed by atoms with Crippen LogP contribution in [0.4, 0.5) is 10.1 Å². The number of nitrogens with one attached hydrogen (secondary N) is 1. The number of thiophene rings is 1. The third-order valence-corrected chi connectivity index (χ3v) is 5.89. The van der Waals surface area contributed by atoms with Crippen LogP contribution >= 0.6 is 11.3 Å². The van der Waals surface area contributed by atoms with Gasteiger partial charge in [0.1, 0.15) is 17.2 Å². The number of rotatable bonds is 3. The number of hydrogen-bond acceptors (Lipinski definition) is 4. The van der Waals surface area contributed by atoms with Crippen LogP contribution in [0, 0.1) is 11.7 Å². The molecule has 134 valence electrons. The first-order valence-electron chi connectivity index (χ1n) is 8.56. The smallest absolute Gasteiger partial charge is 0.262 e. The van der Waals surface area contributed by atoms with Crippen molar-refractivity contribution in [3.63, 3.8) is 0 Å². The van der Waals surface area contributed by atoms with Gasteiger partial charge in [0.15, 0.2) is 0 Å². The highest BCUT2D eigenvalue weighted by Crippen LogP contribution is 2.35. The molecule has 0 fully saturated rings. The molecule has 2 aromatic heterocycles. The number of aromatic nitrogens is 2. The van der Waals surface area contributed by atoms with Crippen molar-refractivity contribution in [2.45, 2.75) is 32.7 Å². The third kappa shape index (κ3) is 3.14. The van der Waals surface area contributed by atoms with Crippen molar-refractivity contribution in [3.05, 3.63) is 57.2 Å². The molecular weight excluding hydrogens is 353 g/mol. The van der Waals surface area contributed by atoms with E-state index in [1.807, 2.05) is 0 Å². The zero-order valence-electron chi connectivity index (χ0n) is 14.3. The van der Waals surface area contributed by atoms with Crippen molar-refractivity contribution in [3.8, 4) is 0 Å². The fourth-order valence-electron chi connectivity index (χ4n) is 3.37. The normalized spacial score (nSPS) is 16.5. The summed E-state index contributed by atoms with van der Waals surface area (Å²) in [6.07, 6.45) is 4.37. The molecule has 3 aromatic rings. The number of benzene rings is 1. The molecule has 7 heteroatoms. The van der Waals surface area contributed by atoms with Crippen molar-refractivity contribution in [1.29, 1.82) is 0 Å². The molecule has 0 saturated carbocycles. The lowest BCUT2D eigenvalue weighted by molar-refractivity contribution is -0.116. The summed E-state index contributed by atoms with van der Waals surface area (Å²) in [5, 5.41) is 3.33. The van der Waals surface area contributed by atoms with Crippen molar-refractivity contribution in [2.75, 3.05) is 5.32 Å². The largest absolute Gasteiger partial charge is 0.325 e. The minimum absolute atomic E-state index is 0.125.